The summed E-state index contributed by atoms with van der Waals surface area (Å²) in [5, 5.41) is 9.97. The average Bonchev–Trinajstić information content (AvgIpc) is 3.36. The van der Waals surface area contributed by atoms with Crippen LogP contribution in [-0.2, 0) is 0 Å². The summed E-state index contributed by atoms with van der Waals surface area (Å²) >= 11 is 0. The summed E-state index contributed by atoms with van der Waals surface area (Å²) in [5.41, 5.74) is 3.50. The maximum Gasteiger partial charge on any atom is 0.246 e. The van der Waals surface area contributed by atoms with Crippen molar-refractivity contribution in [3.8, 4) is 11.4 Å². The molecule has 0 atom stereocenters. The fourth-order valence-electron chi connectivity index (χ4n) is 2.81. The molecule has 2 aromatic carbocycles. The first-order valence-electron chi connectivity index (χ1n) is 8.93. The first-order chi connectivity index (χ1) is 14.1. The van der Waals surface area contributed by atoms with Gasteiger partial charge in [0, 0.05) is 11.9 Å². The zero-order valence-corrected chi connectivity index (χ0v) is 15.9. The van der Waals surface area contributed by atoms with Gasteiger partial charge in [0.15, 0.2) is 0 Å². The fraction of sp³-hybridized carbons (Fsp3) is 0.0952. The second kappa shape index (κ2) is 7.97. The Kier molecular flexibility index (Phi) is 5.07. The number of methoxy groups -OCH3 is 1. The number of hydrogen-bond donors (Lipinski definition) is 2. The summed E-state index contributed by atoms with van der Waals surface area (Å²) in [5.74, 6) is 1.43. The molecule has 0 unspecified atom stereocenters. The molecule has 0 radical (unpaired) electrons. The van der Waals surface area contributed by atoms with Crippen molar-refractivity contribution < 1.29 is 9.13 Å². The Labute approximate surface area is 166 Å². The maximum atomic E-state index is 13.0. The number of aryl methyl sites for hydroxylation is 1. The van der Waals surface area contributed by atoms with E-state index >= 15 is 0 Å². The summed E-state index contributed by atoms with van der Waals surface area (Å²) in [7, 11) is 1.64. The molecule has 0 aliphatic rings. The van der Waals surface area contributed by atoms with Crippen molar-refractivity contribution in [3.05, 3.63) is 77.9 Å². The molecule has 8 heteroatoms. The van der Waals surface area contributed by atoms with Crippen LogP contribution in [0.2, 0.25) is 0 Å². The second-order valence-electron chi connectivity index (χ2n) is 6.36. The standard InChI is InChI=1S/C21H19FN6O/c1-14-12-28(13-23-14)18-9-3-15(11-19(18)29-2)4-10-20-25-21(27-26-20)24-17-7-5-16(22)6-8-17/h3-13H,1-2H3,(H2,24,25,26,27). The summed E-state index contributed by atoms with van der Waals surface area (Å²) < 4.78 is 20.4. The zero-order chi connectivity index (χ0) is 20.2. The predicted molar refractivity (Wildman–Crippen MR) is 110 cm³/mol. The van der Waals surface area contributed by atoms with Crippen LogP contribution in [0, 0.1) is 12.7 Å². The van der Waals surface area contributed by atoms with E-state index in [-0.39, 0.29) is 5.82 Å². The molecule has 0 saturated carbocycles. The molecule has 4 aromatic rings. The van der Waals surface area contributed by atoms with Gasteiger partial charge in [-0.2, -0.15) is 4.98 Å². The molecule has 4 rings (SSSR count). The lowest BCUT2D eigenvalue weighted by molar-refractivity contribution is 0.413. The summed E-state index contributed by atoms with van der Waals surface area (Å²) in [4.78, 5) is 8.60. The van der Waals surface area contributed by atoms with E-state index < -0.39 is 0 Å². The highest BCUT2D eigenvalue weighted by atomic mass is 19.1. The quantitative estimate of drug-likeness (QED) is 0.511. The number of rotatable bonds is 6. The van der Waals surface area contributed by atoms with Crippen LogP contribution >= 0.6 is 0 Å². The molecule has 2 heterocycles. The van der Waals surface area contributed by atoms with E-state index in [2.05, 4.69) is 25.5 Å². The summed E-state index contributed by atoms with van der Waals surface area (Å²) in [6.45, 7) is 1.94. The van der Waals surface area contributed by atoms with Crippen LogP contribution in [0.5, 0.6) is 5.75 Å². The lowest BCUT2D eigenvalue weighted by atomic mass is 10.1. The normalized spacial score (nSPS) is 11.1. The van der Waals surface area contributed by atoms with Gasteiger partial charge < -0.3 is 14.6 Å². The van der Waals surface area contributed by atoms with E-state index in [1.807, 2.05) is 48.0 Å². The Morgan fingerprint density at radius 1 is 1.14 bits per heavy atom. The van der Waals surface area contributed by atoms with Crippen molar-refractivity contribution >= 4 is 23.8 Å². The number of H-pyrrole nitrogens is 1. The van der Waals surface area contributed by atoms with Gasteiger partial charge in [-0.15, -0.1) is 5.10 Å². The first kappa shape index (κ1) is 18.4. The van der Waals surface area contributed by atoms with Gasteiger partial charge in [-0.1, -0.05) is 12.1 Å². The van der Waals surface area contributed by atoms with Gasteiger partial charge in [0.05, 0.1) is 24.8 Å². The Hall–Kier alpha value is -3.94. The van der Waals surface area contributed by atoms with Gasteiger partial charge in [0.2, 0.25) is 5.95 Å². The van der Waals surface area contributed by atoms with E-state index in [1.165, 1.54) is 12.1 Å². The van der Waals surface area contributed by atoms with E-state index in [0.717, 1.165) is 22.7 Å². The van der Waals surface area contributed by atoms with Crippen molar-refractivity contribution in [2.45, 2.75) is 6.92 Å². The van der Waals surface area contributed by atoms with Gasteiger partial charge in [-0.25, -0.2) is 9.37 Å². The van der Waals surface area contributed by atoms with E-state index in [9.17, 15) is 4.39 Å². The number of hydrogen-bond acceptors (Lipinski definition) is 5. The highest BCUT2D eigenvalue weighted by molar-refractivity contribution is 5.69. The molecule has 0 spiro atoms. The molecule has 0 aliphatic heterocycles. The Balaban J connectivity index is 1.49. The molecule has 0 bridgehead atoms. The molecule has 0 fully saturated rings. The molecular formula is C21H19FN6O. The van der Waals surface area contributed by atoms with Crippen LogP contribution in [-0.4, -0.2) is 31.8 Å². The number of nitrogens with one attached hydrogen (secondary N) is 2. The smallest absolute Gasteiger partial charge is 0.246 e. The van der Waals surface area contributed by atoms with Gasteiger partial charge in [0.25, 0.3) is 0 Å². The predicted octanol–water partition coefficient (Wildman–Crippen LogP) is 4.36. The van der Waals surface area contributed by atoms with Crippen LogP contribution in [0.3, 0.4) is 0 Å². The van der Waals surface area contributed by atoms with Gasteiger partial charge in [-0.05, 0) is 55.0 Å². The lowest BCUT2D eigenvalue weighted by Crippen LogP contribution is -1.95. The molecule has 2 aromatic heterocycles. The summed E-state index contributed by atoms with van der Waals surface area (Å²) in [6.07, 6.45) is 7.43. The van der Waals surface area contributed by atoms with Crippen LogP contribution < -0.4 is 10.1 Å². The number of halogens is 1. The van der Waals surface area contributed by atoms with E-state index in [4.69, 9.17) is 4.74 Å². The highest BCUT2D eigenvalue weighted by Crippen LogP contribution is 2.25. The third-order valence-corrected chi connectivity index (χ3v) is 4.23. The minimum atomic E-state index is -0.293. The largest absolute Gasteiger partial charge is 0.495 e. The molecule has 0 saturated heterocycles. The van der Waals surface area contributed by atoms with Crippen molar-refractivity contribution in [3.63, 3.8) is 0 Å². The lowest BCUT2D eigenvalue weighted by Gasteiger charge is -2.09. The molecular weight excluding hydrogens is 371 g/mol. The number of nitrogens with zero attached hydrogens (tertiary/aromatic N) is 4. The van der Waals surface area contributed by atoms with Crippen molar-refractivity contribution in [1.29, 1.82) is 0 Å². The average molecular weight is 390 g/mol. The second-order valence-corrected chi connectivity index (χ2v) is 6.36. The minimum Gasteiger partial charge on any atom is -0.495 e. The SMILES string of the molecule is COc1cc(C=Cc2nc(Nc3ccc(F)cc3)n[nH]2)ccc1-n1cnc(C)c1. The molecule has 146 valence electrons. The number of aromatic amines is 1. The van der Waals surface area contributed by atoms with Gasteiger partial charge in [0.1, 0.15) is 17.4 Å². The van der Waals surface area contributed by atoms with Gasteiger partial charge in [-0.3, -0.25) is 5.10 Å². The van der Waals surface area contributed by atoms with Crippen molar-refractivity contribution in [1.82, 2.24) is 24.7 Å². The van der Waals surface area contributed by atoms with Crippen molar-refractivity contribution in [2.24, 2.45) is 0 Å². The number of benzene rings is 2. The first-order valence-corrected chi connectivity index (χ1v) is 8.93. The highest BCUT2D eigenvalue weighted by Gasteiger charge is 2.07. The number of imidazole rings is 1. The van der Waals surface area contributed by atoms with E-state index in [0.29, 0.717) is 17.5 Å². The maximum absolute atomic E-state index is 13.0. The summed E-state index contributed by atoms with van der Waals surface area (Å²) in [6, 6.07) is 11.9. The Morgan fingerprint density at radius 2 is 1.97 bits per heavy atom. The molecule has 2 N–H and O–H groups in total. The van der Waals surface area contributed by atoms with Gasteiger partial charge >= 0.3 is 0 Å². The molecule has 0 amide bonds. The van der Waals surface area contributed by atoms with Crippen LogP contribution in [0.1, 0.15) is 17.1 Å². The topological polar surface area (TPSA) is 80.6 Å². The van der Waals surface area contributed by atoms with Crippen molar-refractivity contribution in [2.75, 3.05) is 12.4 Å². The number of aromatic nitrogens is 5. The Bertz CT molecular complexity index is 1150. The number of ether oxygens (including phenoxy) is 1. The van der Waals surface area contributed by atoms with Crippen LogP contribution in [0.15, 0.2) is 55.0 Å². The monoisotopic (exact) mass is 390 g/mol. The van der Waals surface area contributed by atoms with Crippen LogP contribution in [0.25, 0.3) is 17.8 Å². The minimum absolute atomic E-state index is 0.293. The molecule has 7 nitrogen and oxygen atoms in total. The third kappa shape index (κ3) is 4.32. The van der Waals surface area contributed by atoms with Crippen LogP contribution in [0.4, 0.5) is 16.0 Å². The number of anilines is 2. The molecule has 29 heavy (non-hydrogen) atoms. The fourth-order valence-corrected chi connectivity index (χ4v) is 2.81. The zero-order valence-electron chi connectivity index (χ0n) is 15.9. The Morgan fingerprint density at radius 3 is 2.69 bits per heavy atom. The third-order valence-electron chi connectivity index (χ3n) is 4.23. The molecule has 0 aliphatic carbocycles. The van der Waals surface area contributed by atoms with E-state index in [1.54, 1.807) is 25.6 Å².